The second-order valence-electron chi connectivity index (χ2n) is 2.21. The molecule has 0 aromatic heterocycles. The Morgan fingerprint density at radius 2 is 1.77 bits per heavy atom. The average molecular weight is 179 g/mol. The van der Waals surface area contributed by atoms with Crippen LogP contribution in [0.25, 0.3) is 0 Å². The zero-order valence-corrected chi connectivity index (χ0v) is 7.40. The van der Waals surface area contributed by atoms with Crippen molar-refractivity contribution < 1.29 is 14.3 Å². The number of isocyanates is 1. The van der Waals surface area contributed by atoms with Crippen LogP contribution in [0, 0.1) is 0 Å². The van der Waals surface area contributed by atoms with E-state index in [1.807, 2.05) is 0 Å². The maximum absolute atomic E-state index is 10.1. The number of methoxy groups -OCH3 is 2. The number of benzene rings is 1. The molecular weight excluding hydrogens is 170 g/mol. The number of para-hydroxylation sites is 1. The van der Waals surface area contributed by atoms with E-state index in [0.717, 1.165) is 0 Å². The highest BCUT2D eigenvalue weighted by Crippen LogP contribution is 2.36. The molecule has 4 nitrogen and oxygen atoms in total. The molecule has 4 heteroatoms. The summed E-state index contributed by atoms with van der Waals surface area (Å²) in [4.78, 5) is 13.6. The highest BCUT2D eigenvalue weighted by molar-refractivity contribution is 5.65. The Hall–Kier alpha value is -1.80. The maximum Gasteiger partial charge on any atom is 0.240 e. The average Bonchev–Trinajstić information content (AvgIpc) is 2.18. The highest BCUT2D eigenvalue weighted by atomic mass is 16.5. The van der Waals surface area contributed by atoms with Gasteiger partial charge in [0.1, 0.15) is 11.5 Å². The van der Waals surface area contributed by atoms with Gasteiger partial charge in [0.2, 0.25) is 6.08 Å². The molecular formula is C9H9NO3. The molecule has 0 aliphatic carbocycles. The van der Waals surface area contributed by atoms with Crippen LogP contribution in [0.3, 0.4) is 0 Å². The zero-order valence-electron chi connectivity index (χ0n) is 7.40. The van der Waals surface area contributed by atoms with Gasteiger partial charge in [-0.05, 0) is 12.1 Å². The summed E-state index contributed by atoms with van der Waals surface area (Å²) in [6, 6.07) is 5.14. The lowest BCUT2D eigenvalue weighted by molar-refractivity contribution is 0.397. The van der Waals surface area contributed by atoms with Gasteiger partial charge < -0.3 is 9.47 Å². The third kappa shape index (κ3) is 1.86. The van der Waals surface area contributed by atoms with Gasteiger partial charge in [0, 0.05) is 0 Å². The molecule has 0 saturated carbocycles. The van der Waals surface area contributed by atoms with Crippen LogP contribution in [0.4, 0.5) is 5.69 Å². The van der Waals surface area contributed by atoms with E-state index in [2.05, 4.69) is 4.99 Å². The largest absolute Gasteiger partial charge is 0.494 e. The fraction of sp³-hybridized carbons (Fsp3) is 0.222. The molecule has 0 aliphatic heterocycles. The van der Waals surface area contributed by atoms with Gasteiger partial charge in [-0.2, -0.15) is 4.99 Å². The highest BCUT2D eigenvalue weighted by Gasteiger charge is 2.07. The number of hydrogen-bond acceptors (Lipinski definition) is 4. The van der Waals surface area contributed by atoms with E-state index in [0.29, 0.717) is 17.2 Å². The van der Waals surface area contributed by atoms with Crippen molar-refractivity contribution in [1.29, 1.82) is 0 Å². The summed E-state index contributed by atoms with van der Waals surface area (Å²) in [7, 11) is 3.00. The Labute approximate surface area is 75.8 Å². The molecule has 1 rings (SSSR count). The van der Waals surface area contributed by atoms with E-state index in [1.54, 1.807) is 18.2 Å². The lowest BCUT2D eigenvalue weighted by Crippen LogP contribution is -1.87. The van der Waals surface area contributed by atoms with Crippen LogP contribution in [-0.2, 0) is 4.79 Å². The first-order valence-corrected chi connectivity index (χ1v) is 3.62. The molecule has 0 radical (unpaired) electrons. The van der Waals surface area contributed by atoms with E-state index in [9.17, 15) is 4.79 Å². The summed E-state index contributed by atoms with van der Waals surface area (Å²) < 4.78 is 9.98. The van der Waals surface area contributed by atoms with Crippen molar-refractivity contribution in [1.82, 2.24) is 0 Å². The van der Waals surface area contributed by atoms with Crippen LogP contribution >= 0.6 is 0 Å². The monoisotopic (exact) mass is 179 g/mol. The molecule has 0 fully saturated rings. The van der Waals surface area contributed by atoms with E-state index in [4.69, 9.17) is 9.47 Å². The summed E-state index contributed by atoms with van der Waals surface area (Å²) in [5.74, 6) is 0.977. The standard InChI is InChI=1S/C9H9NO3/c1-12-7-4-3-5-8(13-2)9(7)10-6-11/h3-5H,1-2H3. The van der Waals surface area contributed by atoms with Crippen molar-refractivity contribution in [3.05, 3.63) is 18.2 Å². The van der Waals surface area contributed by atoms with Crippen LogP contribution in [0.2, 0.25) is 0 Å². The summed E-state index contributed by atoms with van der Waals surface area (Å²) in [5.41, 5.74) is 0.363. The number of aliphatic imine (C=N–C) groups is 1. The Morgan fingerprint density at radius 3 is 2.15 bits per heavy atom. The normalized spacial score (nSPS) is 8.77. The van der Waals surface area contributed by atoms with Gasteiger partial charge in [0.25, 0.3) is 0 Å². The van der Waals surface area contributed by atoms with Crippen molar-refractivity contribution in [2.24, 2.45) is 4.99 Å². The van der Waals surface area contributed by atoms with Crippen molar-refractivity contribution in [3.63, 3.8) is 0 Å². The van der Waals surface area contributed by atoms with Gasteiger partial charge in [0.05, 0.1) is 14.2 Å². The molecule has 68 valence electrons. The molecule has 0 bridgehead atoms. The van der Waals surface area contributed by atoms with Gasteiger partial charge in [-0.1, -0.05) is 6.07 Å². The zero-order chi connectivity index (χ0) is 9.68. The van der Waals surface area contributed by atoms with Crippen LogP contribution in [0.1, 0.15) is 0 Å². The lowest BCUT2D eigenvalue weighted by Gasteiger charge is -2.06. The van der Waals surface area contributed by atoms with E-state index in [1.165, 1.54) is 20.3 Å². The molecule has 0 saturated heterocycles. The number of hydrogen-bond donors (Lipinski definition) is 0. The summed E-state index contributed by atoms with van der Waals surface area (Å²) >= 11 is 0. The molecule has 0 spiro atoms. The molecule has 13 heavy (non-hydrogen) atoms. The molecule has 0 heterocycles. The van der Waals surface area contributed by atoms with Gasteiger partial charge in [-0.3, -0.25) is 0 Å². The van der Waals surface area contributed by atoms with Crippen LogP contribution in [0.5, 0.6) is 11.5 Å². The molecule has 1 aromatic rings. The minimum atomic E-state index is 0.363. The number of nitrogens with zero attached hydrogens (tertiary/aromatic N) is 1. The Bertz CT molecular complexity index is 320. The first-order chi connectivity index (χ1) is 6.33. The van der Waals surface area contributed by atoms with Crippen molar-refractivity contribution in [2.45, 2.75) is 0 Å². The van der Waals surface area contributed by atoms with Crippen LogP contribution in [0.15, 0.2) is 23.2 Å². The third-order valence-corrected chi connectivity index (χ3v) is 1.56. The minimum Gasteiger partial charge on any atom is -0.494 e. The Kier molecular flexibility index (Phi) is 3.06. The SMILES string of the molecule is COc1cccc(OC)c1N=C=O. The third-order valence-electron chi connectivity index (χ3n) is 1.56. The molecule has 0 unspecified atom stereocenters. The predicted molar refractivity (Wildman–Crippen MR) is 47.3 cm³/mol. The molecule has 0 aliphatic rings. The van der Waals surface area contributed by atoms with Gasteiger partial charge in [-0.15, -0.1) is 0 Å². The van der Waals surface area contributed by atoms with E-state index >= 15 is 0 Å². The maximum atomic E-state index is 10.1. The summed E-state index contributed by atoms with van der Waals surface area (Å²) in [6.07, 6.45) is 1.45. The Balaban J connectivity index is 3.28. The van der Waals surface area contributed by atoms with E-state index in [-0.39, 0.29) is 0 Å². The number of ether oxygens (including phenoxy) is 2. The van der Waals surface area contributed by atoms with E-state index < -0.39 is 0 Å². The van der Waals surface area contributed by atoms with Gasteiger partial charge in [-0.25, -0.2) is 4.79 Å². The van der Waals surface area contributed by atoms with Gasteiger partial charge >= 0.3 is 0 Å². The topological polar surface area (TPSA) is 47.9 Å². The predicted octanol–water partition coefficient (Wildman–Crippen LogP) is 1.67. The summed E-state index contributed by atoms with van der Waals surface area (Å²) in [6.45, 7) is 0. The number of rotatable bonds is 3. The fourth-order valence-corrected chi connectivity index (χ4v) is 0.987. The van der Waals surface area contributed by atoms with Gasteiger partial charge in [0.15, 0.2) is 5.69 Å². The molecule has 0 N–H and O–H groups in total. The minimum absolute atomic E-state index is 0.363. The quantitative estimate of drug-likeness (QED) is 0.523. The van der Waals surface area contributed by atoms with Crippen molar-refractivity contribution in [3.8, 4) is 11.5 Å². The van der Waals surface area contributed by atoms with Crippen molar-refractivity contribution >= 4 is 11.8 Å². The summed E-state index contributed by atoms with van der Waals surface area (Å²) in [5, 5.41) is 0. The lowest BCUT2D eigenvalue weighted by atomic mass is 10.3. The Morgan fingerprint density at radius 1 is 1.23 bits per heavy atom. The second-order valence-corrected chi connectivity index (χ2v) is 2.21. The van der Waals surface area contributed by atoms with Crippen LogP contribution < -0.4 is 9.47 Å². The molecule has 0 atom stereocenters. The second kappa shape index (κ2) is 4.28. The van der Waals surface area contributed by atoms with Crippen molar-refractivity contribution in [2.75, 3.05) is 14.2 Å². The number of carbonyl (C=O) groups excluding carboxylic acids is 1. The fourth-order valence-electron chi connectivity index (χ4n) is 0.987. The smallest absolute Gasteiger partial charge is 0.240 e. The molecule has 1 aromatic carbocycles. The first kappa shape index (κ1) is 9.29. The first-order valence-electron chi connectivity index (χ1n) is 3.62. The van der Waals surface area contributed by atoms with Crippen LogP contribution in [-0.4, -0.2) is 20.3 Å². The molecule has 0 amide bonds.